The van der Waals surface area contributed by atoms with Crippen LogP contribution >= 0.6 is 0 Å². The summed E-state index contributed by atoms with van der Waals surface area (Å²) in [4.78, 5) is 8.75. The molecule has 0 N–H and O–H groups in total. The van der Waals surface area contributed by atoms with Crippen molar-refractivity contribution >= 4 is 0 Å². The largest absolute Gasteiger partial charge is 0.304 e. The van der Waals surface area contributed by atoms with Crippen molar-refractivity contribution < 1.29 is 20.1 Å². The monoisotopic (exact) mass is 641 g/mol. The van der Waals surface area contributed by atoms with E-state index in [0.717, 1.165) is 33.6 Å². The number of nitriles is 2. The molecule has 2 heterocycles. The number of hydrogen-bond acceptors (Lipinski definition) is 4. The molecule has 0 saturated carbocycles. The third-order valence-corrected chi connectivity index (χ3v) is 5.23. The fraction of sp³-hybridized carbons (Fsp3) is 0.0323. The Morgan fingerprint density at radius 3 is 1.97 bits per heavy atom. The van der Waals surface area contributed by atoms with Gasteiger partial charge < -0.3 is 9.97 Å². The van der Waals surface area contributed by atoms with Crippen molar-refractivity contribution in [3.63, 3.8) is 0 Å². The Hall–Kier alpha value is -4.41. The van der Waals surface area contributed by atoms with Gasteiger partial charge in [0.1, 0.15) is 0 Å². The van der Waals surface area contributed by atoms with Crippen molar-refractivity contribution in [1.29, 1.82) is 10.5 Å². The molecular formula is C31H20IrN4-2. The van der Waals surface area contributed by atoms with E-state index >= 15 is 0 Å². The molecule has 0 bridgehead atoms. The molecule has 0 atom stereocenters. The summed E-state index contributed by atoms with van der Waals surface area (Å²) in [6.45, 7) is 1.96. The molecule has 1 radical (unpaired) electrons. The number of benzene rings is 3. The van der Waals surface area contributed by atoms with Crippen LogP contribution in [0.2, 0.25) is 0 Å². The molecule has 3 aromatic carbocycles. The molecule has 36 heavy (non-hydrogen) atoms. The second-order valence-corrected chi connectivity index (χ2v) is 7.69. The Labute approximate surface area is 224 Å². The number of rotatable bonds is 3. The molecule has 175 valence electrons. The van der Waals surface area contributed by atoms with Crippen LogP contribution in [-0.2, 0) is 20.1 Å². The summed E-state index contributed by atoms with van der Waals surface area (Å²) in [5, 5.41) is 17.7. The fourth-order valence-corrected chi connectivity index (χ4v) is 3.36. The second kappa shape index (κ2) is 12.9. The average Bonchev–Trinajstić information content (AvgIpc) is 2.94. The summed E-state index contributed by atoms with van der Waals surface area (Å²) in [6, 6.07) is 39.4. The molecule has 0 amide bonds. The van der Waals surface area contributed by atoms with Gasteiger partial charge in [0.25, 0.3) is 0 Å². The summed E-state index contributed by atoms with van der Waals surface area (Å²) < 4.78 is 0. The van der Waals surface area contributed by atoms with Gasteiger partial charge in [-0.05, 0) is 46.1 Å². The quantitative estimate of drug-likeness (QED) is 0.203. The Bertz CT molecular complexity index is 1430. The SMILES string of the molecule is Cc1ccc(-c2[c-]cc(C#N)c(C#N)c2)nc1.[Ir].[c-]1ccccc1-c1ccc(-c2ccccc2)cn1. The number of pyridine rings is 2. The molecule has 0 aliphatic heterocycles. The smallest absolute Gasteiger partial charge is 0.0802 e. The van der Waals surface area contributed by atoms with Gasteiger partial charge >= 0.3 is 0 Å². The standard InChI is InChI=1S/C17H12N.C14H8N3.Ir/c1-3-7-14(8-4-1)16-11-12-17(18-13-16)15-9-5-2-6-10-15;1-10-2-5-14(17-9-10)11-3-4-12(7-15)13(6-11)8-16;/h1-9,11-13H;2,4-6,9H,1H3;/q2*-1;. The van der Waals surface area contributed by atoms with Gasteiger partial charge in [0.05, 0.1) is 6.07 Å². The molecule has 5 aromatic rings. The minimum absolute atomic E-state index is 0. The van der Waals surface area contributed by atoms with Crippen LogP contribution in [-0.4, -0.2) is 9.97 Å². The maximum atomic E-state index is 8.93. The van der Waals surface area contributed by atoms with Gasteiger partial charge in [0.2, 0.25) is 0 Å². The van der Waals surface area contributed by atoms with Crippen LogP contribution in [0.1, 0.15) is 16.7 Å². The topological polar surface area (TPSA) is 73.4 Å². The van der Waals surface area contributed by atoms with E-state index in [9.17, 15) is 0 Å². The van der Waals surface area contributed by atoms with E-state index in [4.69, 9.17) is 10.5 Å². The first-order valence-electron chi connectivity index (χ1n) is 11.0. The summed E-state index contributed by atoms with van der Waals surface area (Å²) in [6.07, 6.45) is 3.67. The van der Waals surface area contributed by atoms with Crippen LogP contribution in [0.3, 0.4) is 0 Å². The fourth-order valence-electron chi connectivity index (χ4n) is 3.36. The van der Waals surface area contributed by atoms with Gasteiger partial charge in [-0.3, -0.25) is 0 Å². The van der Waals surface area contributed by atoms with Crippen molar-refractivity contribution in [1.82, 2.24) is 9.97 Å². The zero-order valence-electron chi connectivity index (χ0n) is 19.4. The van der Waals surface area contributed by atoms with Crippen LogP contribution in [0.15, 0.2) is 103 Å². The second-order valence-electron chi connectivity index (χ2n) is 7.69. The molecular weight excluding hydrogens is 621 g/mol. The molecule has 0 aliphatic rings. The Balaban J connectivity index is 0.000000196. The zero-order valence-corrected chi connectivity index (χ0v) is 21.8. The number of nitrogens with zero attached hydrogens (tertiary/aromatic N) is 4. The van der Waals surface area contributed by atoms with Crippen LogP contribution in [0.25, 0.3) is 33.6 Å². The predicted octanol–water partition coefficient (Wildman–Crippen LogP) is 6.81. The van der Waals surface area contributed by atoms with Crippen LogP contribution in [0.4, 0.5) is 0 Å². The third-order valence-electron chi connectivity index (χ3n) is 5.23. The van der Waals surface area contributed by atoms with Crippen molar-refractivity contribution in [2.24, 2.45) is 0 Å². The maximum absolute atomic E-state index is 8.93. The first kappa shape index (κ1) is 26.2. The van der Waals surface area contributed by atoms with Crippen molar-refractivity contribution in [3.05, 3.63) is 132 Å². The van der Waals surface area contributed by atoms with Gasteiger partial charge in [0, 0.05) is 38.6 Å². The molecule has 0 unspecified atom stereocenters. The van der Waals surface area contributed by atoms with E-state index in [1.54, 1.807) is 12.3 Å². The first-order valence-corrected chi connectivity index (χ1v) is 11.0. The van der Waals surface area contributed by atoms with E-state index in [1.807, 2.05) is 85.9 Å². The van der Waals surface area contributed by atoms with Crippen molar-refractivity contribution in [2.75, 3.05) is 0 Å². The Kier molecular flexibility index (Phi) is 9.38. The summed E-state index contributed by atoms with van der Waals surface area (Å²) in [5.74, 6) is 0. The van der Waals surface area contributed by atoms with E-state index < -0.39 is 0 Å². The molecule has 5 rings (SSSR count). The molecule has 0 spiro atoms. The average molecular weight is 641 g/mol. The normalized spacial score (nSPS) is 9.53. The zero-order chi connectivity index (χ0) is 24.5. The number of aromatic nitrogens is 2. The first-order chi connectivity index (χ1) is 17.2. The van der Waals surface area contributed by atoms with E-state index in [2.05, 4.69) is 40.3 Å². The predicted molar refractivity (Wildman–Crippen MR) is 137 cm³/mol. The third kappa shape index (κ3) is 6.59. The maximum Gasteiger partial charge on any atom is 0.0802 e. The summed E-state index contributed by atoms with van der Waals surface area (Å²) in [5.41, 5.74) is 7.53. The number of aryl methyl sites for hydroxylation is 1. The minimum atomic E-state index is 0. The summed E-state index contributed by atoms with van der Waals surface area (Å²) in [7, 11) is 0. The van der Waals surface area contributed by atoms with Gasteiger partial charge in [-0.1, -0.05) is 54.6 Å². The molecule has 0 aliphatic carbocycles. The van der Waals surface area contributed by atoms with Crippen LogP contribution in [0, 0.1) is 41.7 Å². The molecule has 0 fully saturated rings. The van der Waals surface area contributed by atoms with Crippen LogP contribution < -0.4 is 0 Å². The summed E-state index contributed by atoms with van der Waals surface area (Å²) >= 11 is 0. The molecule has 2 aromatic heterocycles. The minimum Gasteiger partial charge on any atom is -0.304 e. The molecule has 4 nitrogen and oxygen atoms in total. The van der Waals surface area contributed by atoms with Gasteiger partial charge in [-0.25, -0.2) is 5.26 Å². The van der Waals surface area contributed by atoms with Gasteiger partial charge in [-0.2, -0.15) is 5.26 Å². The van der Waals surface area contributed by atoms with Crippen LogP contribution in [0.5, 0.6) is 0 Å². The van der Waals surface area contributed by atoms with Crippen molar-refractivity contribution in [2.45, 2.75) is 6.92 Å². The van der Waals surface area contributed by atoms with E-state index in [0.29, 0.717) is 11.1 Å². The molecule has 0 saturated heterocycles. The Morgan fingerprint density at radius 1 is 0.667 bits per heavy atom. The molecule has 5 heteroatoms. The van der Waals surface area contributed by atoms with E-state index in [1.165, 1.54) is 11.6 Å². The Morgan fingerprint density at radius 2 is 1.36 bits per heavy atom. The number of hydrogen-bond donors (Lipinski definition) is 0. The van der Waals surface area contributed by atoms with E-state index in [-0.39, 0.29) is 20.1 Å². The van der Waals surface area contributed by atoms with Crippen molar-refractivity contribution in [3.8, 4) is 45.8 Å². The van der Waals surface area contributed by atoms with Gasteiger partial charge in [-0.15, -0.1) is 59.7 Å². The van der Waals surface area contributed by atoms with Gasteiger partial charge in [0.15, 0.2) is 0 Å².